The van der Waals surface area contributed by atoms with Gasteiger partial charge in [-0.1, -0.05) is 12.1 Å². The van der Waals surface area contributed by atoms with E-state index in [9.17, 15) is 5.11 Å². The molecule has 1 unspecified atom stereocenters. The summed E-state index contributed by atoms with van der Waals surface area (Å²) in [5.74, 6) is 2.06. The first-order chi connectivity index (χ1) is 15.5. The van der Waals surface area contributed by atoms with Gasteiger partial charge in [-0.3, -0.25) is 4.90 Å². The van der Waals surface area contributed by atoms with E-state index in [0.717, 1.165) is 38.2 Å². The zero-order chi connectivity index (χ0) is 22.3. The molecule has 5 rings (SSSR count). The highest BCUT2D eigenvalue weighted by Crippen LogP contribution is 2.52. The number of hydrogen-bond acceptors (Lipinski definition) is 7. The Morgan fingerprint density at radius 1 is 1.22 bits per heavy atom. The maximum absolute atomic E-state index is 11.9. The third kappa shape index (κ3) is 3.82. The smallest absolute Gasteiger partial charge is 0.319 e. The van der Waals surface area contributed by atoms with Gasteiger partial charge < -0.3 is 19.3 Å². The molecule has 1 aliphatic carbocycles. The van der Waals surface area contributed by atoms with Crippen LogP contribution in [0.4, 0.5) is 0 Å². The Hall–Kier alpha value is -2.38. The SMILES string of the molecule is CCOc1ncc([C@@]2(O)CC[C@@H]3CN(Cc4ccc5c(c4)CC(C)O5)C[C@@H]32)c(OCC)n1. The molecule has 1 N–H and O–H groups in total. The Balaban J connectivity index is 1.34. The Morgan fingerprint density at radius 2 is 2.06 bits per heavy atom. The molecule has 7 nitrogen and oxygen atoms in total. The highest BCUT2D eigenvalue weighted by Gasteiger charge is 2.54. The second-order valence-corrected chi connectivity index (χ2v) is 9.34. The van der Waals surface area contributed by atoms with E-state index in [4.69, 9.17) is 14.2 Å². The van der Waals surface area contributed by atoms with Crippen molar-refractivity contribution >= 4 is 0 Å². The lowest BCUT2D eigenvalue weighted by atomic mass is 9.83. The van der Waals surface area contributed by atoms with Gasteiger partial charge in [0.05, 0.1) is 18.8 Å². The predicted molar refractivity (Wildman–Crippen MR) is 120 cm³/mol. The molecule has 2 aromatic rings. The van der Waals surface area contributed by atoms with Crippen molar-refractivity contribution in [1.82, 2.24) is 14.9 Å². The first-order valence-electron chi connectivity index (χ1n) is 11.9. The maximum Gasteiger partial charge on any atom is 0.319 e. The van der Waals surface area contributed by atoms with Crippen LogP contribution in [0.3, 0.4) is 0 Å². The van der Waals surface area contributed by atoms with Crippen molar-refractivity contribution in [2.24, 2.45) is 11.8 Å². The summed E-state index contributed by atoms with van der Waals surface area (Å²) in [6, 6.07) is 6.85. The van der Waals surface area contributed by atoms with E-state index < -0.39 is 5.60 Å². The van der Waals surface area contributed by atoms with E-state index in [1.807, 2.05) is 13.8 Å². The van der Waals surface area contributed by atoms with Crippen LogP contribution in [0.1, 0.15) is 50.3 Å². The minimum atomic E-state index is -0.976. The van der Waals surface area contributed by atoms with Gasteiger partial charge in [0.25, 0.3) is 0 Å². The van der Waals surface area contributed by atoms with Crippen LogP contribution in [0, 0.1) is 11.8 Å². The number of aliphatic hydroxyl groups is 1. The summed E-state index contributed by atoms with van der Waals surface area (Å²) < 4.78 is 17.1. The largest absolute Gasteiger partial charge is 0.490 e. The Kier molecular flexibility index (Phi) is 5.72. The molecule has 1 saturated heterocycles. The van der Waals surface area contributed by atoms with E-state index in [-0.39, 0.29) is 12.0 Å². The molecule has 0 amide bonds. The minimum absolute atomic E-state index is 0.140. The molecule has 32 heavy (non-hydrogen) atoms. The summed E-state index contributed by atoms with van der Waals surface area (Å²) in [6.07, 6.45) is 4.65. The van der Waals surface area contributed by atoms with Crippen molar-refractivity contribution in [3.63, 3.8) is 0 Å². The van der Waals surface area contributed by atoms with Crippen molar-refractivity contribution in [1.29, 1.82) is 0 Å². The number of nitrogens with zero attached hydrogens (tertiary/aromatic N) is 3. The van der Waals surface area contributed by atoms with Crippen LogP contribution in [0.15, 0.2) is 24.4 Å². The van der Waals surface area contributed by atoms with Crippen molar-refractivity contribution in [3.05, 3.63) is 41.1 Å². The first-order valence-corrected chi connectivity index (χ1v) is 11.9. The molecule has 0 bridgehead atoms. The molecule has 1 aromatic heterocycles. The average Bonchev–Trinajstić information content (AvgIpc) is 3.43. The number of aromatic nitrogens is 2. The number of fused-ring (bicyclic) bond motifs is 2. The number of hydrogen-bond donors (Lipinski definition) is 1. The fraction of sp³-hybridized carbons (Fsp3) is 0.600. The number of likely N-dealkylation sites (tertiary alicyclic amines) is 1. The quantitative estimate of drug-likeness (QED) is 0.709. The zero-order valence-corrected chi connectivity index (χ0v) is 19.2. The van der Waals surface area contributed by atoms with Gasteiger partial charge >= 0.3 is 6.01 Å². The first kappa shape index (κ1) is 21.5. The van der Waals surface area contributed by atoms with E-state index in [1.54, 1.807) is 6.20 Å². The van der Waals surface area contributed by atoms with Crippen molar-refractivity contribution < 1.29 is 19.3 Å². The second-order valence-electron chi connectivity index (χ2n) is 9.34. The van der Waals surface area contributed by atoms with E-state index in [2.05, 4.69) is 40.0 Å². The van der Waals surface area contributed by atoms with Gasteiger partial charge in [0.2, 0.25) is 5.88 Å². The monoisotopic (exact) mass is 439 g/mol. The Bertz CT molecular complexity index is 984. The molecule has 0 spiro atoms. The number of benzene rings is 1. The highest BCUT2D eigenvalue weighted by atomic mass is 16.5. The number of rotatable bonds is 7. The fourth-order valence-corrected chi connectivity index (χ4v) is 5.77. The summed E-state index contributed by atoms with van der Waals surface area (Å²) in [7, 11) is 0. The Labute approximate surface area is 189 Å². The van der Waals surface area contributed by atoms with Crippen molar-refractivity contribution in [2.75, 3.05) is 26.3 Å². The molecule has 1 aromatic carbocycles. The predicted octanol–water partition coefficient (Wildman–Crippen LogP) is 3.33. The summed E-state index contributed by atoms with van der Waals surface area (Å²) in [5.41, 5.74) is 2.33. The highest BCUT2D eigenvalue weighted by molar-refractivity contribution is 5.40. The zero-order valence-electron chi connectivity index (χ0n) is 19.2. The lowest BCUT2D eigenvalue weighted by Crippen LogP contribution is -2.35. The van der Waals surface area contributed by atoms with E-state index in [0.29, 0.717) is 43.0 Å². The molecule has 0 radical (unpaired) electrons. The van der Waals surface area contributed by atoms with Crippen LogP contribution in [-0.4, -0.2) is 52.4 Å². The lowest BCUT2D eigenvalue weighted by molar-refractivity contribution is -0.0101. The normalized spacial score (nSPS) is 28.9. The van der Waals surface area contributed by atoms with Gasteiger partial charge in [-0.05, 0) is 56.7 Å². The topological polar surface area (TPSA) is 76.9 Å². The van der Waals surface area contributed by atoms with E-state index >= 15 is 0 Å². The summed E-state index contributed by atoms with van der Waals surface area (Å²) in [5, 5.41) is 11.9. The lowest BCUT2D eigenvalue weighted by Gasteiger charge is -2.31. The molecule has 1 saturated carbocycles. The van der Waals surface area contributed by atoms with Crippen LogP contribution in [0.25, 0.3) is 0 Å². The van der Waals surface area contributed by atoms with Crippen LogP contribution >= 0.6 is 0 Å². The molecular formula is C25H33N3O4. The third-order valence-electron chi connectivity index (χ3n) is 7.15. The van der Waals surface area contributed by atoms with Crippen LogP contribution in [0.2, 0.25) is 0 Å². The minimum Gasteiger partial charge on any atom is -0.490 e. The third-order valence-corrected chi connectivity index (χ3v) is 7.15. The van der Waals surface area contributed by atoms with Gasteiger partial charge in [0.1, 0.15) is 17.5 Å². The molecule has 4 atom stereocenters. The van der Waals surface area contributed by atoms with Crippen LogP contribution in [-0.2, 0) is 18.6 Å². The molecule has 3 heterocycles. The van der Waals surface area contributed by atoms with E-state index in [1.165, 1.54) is 11.1 Å². The molecule has 7 heteroatoms. The molecule has 2 fully saturated rings. The van der Waals surface area contributed by atoms with Crippen LogP contribution < -0.4 is 14.2 Å². The fourth-order valence-electron chi connectivity index (χ4n) is 5.77. The van der Waals surface area contributed by atoms with Gasteiger partial charge in [-0.2, -0.15) is 4.98 Å². The Morgan fingerprint density at radius 3 is 2.88 bits per heavy atom. The van der Waals surface area contributed by atoms with Gasteiger partial charge in [-0.15, -0.1) is 0 Å². The number of ether oxygens (including phenoxy) is 3. The van der Waals surface area contributed by atoms with Crippen molar-refractivity contribution in [3.8, 4) is 17.6 Å². The molecule has 3 aliphatic rings. The molecule has 2 aliphatic heterocycles. The van der Waals surface area contributed by atoms with Gasteiger partial charge in [0.15, 0.2) is 0 Å². The average molecular weight is 440 g/mol. The molecule has 172 valence electrons. The van der Waals surface area contributed by atoms with Gasteiger partial charge in [-0.25, -0.2) is 4.98 Å². The van der Waals surface area contributed by atoms with Crippen LogP contribution in [0.5, 0.6) is 17.6 Å². The summed E-state index contributed by atoms with van der Waals surface area (Å²) in [6.45, 7) is 9.64. The molecular weight excluding hydrogens is 406 g/mol. The standard InChI is InChI=1S/C25H33N3O4/c1-4-30-23-20(12-26-24(27-23)31-5-2)25(29)9-8-18-14-28(15-21(18)25)13-17-6-7-22-19(11-17)10-16(3)32-22/h6-7,11-12,16,18,21,29H,4-5,8-10,13-15H2,1-3H3/t16?,18-,21+,25+/m1/s1. The summed E-state index contributed by atoms with van der Waals surface area (Å²) >= 11 is 0. The summed E-state index contributed by atoms with van der Waals surface area (Å²) in [4.78, 5) is 11.3. The second kappa shape index (κ2) is 8.52. The van der Waals surface area contributed by atoms with Crippen molar-refractivity contribution in [2.45, 2.75) is 58.3 Å². The van der Waals surface area contributed by atoms with Gasteiger partial charge in [0, 0.05) is 38.2 Å². The maximum atomic E-state index is 11.9.